The zero-order valence-electron chi connectivity index (χ0n) is 31.4. The normalized spacial score (nSPS) is 16.0. The average Bonchev–Trinajstić information content (AvgIpc) is 3.84. The number of rotatable bonds is 22. The third kappa shape index (κ3) is 14.7. The van der Waals surface area contributed by atoms with E-state index < -0.39 is 19.5 Å². The Balaban J connectivity index is 0.947. The molecule has 2 aliphatic rings. The van der Waals surface area contributed by atoms with Crippen LogP contribution in [0.25, 0.3) is 0 Å². The largest absolute Gasteiger partial charge is 0.383 e. The third-order valence-corrected chi connectivity index (χ3v) is 10.5. The second-order valence-corrected chi connectivity index (χ2v) is 15.9. The molecule has 0 unspecified atom stereocenters. The van der Waals surface area contributed by atoms with Gasteiger partial charge in [0.1, 0.15) is 23.0 Å². The van der Waals surface area contributed by atoms with Gasteiger partial charge in [-0.2, -0.15) is 9.97 Å². The van der Waals surface area contributed by atoms with Gasteiger partial charge in [0.15, 0.2) is 0 Å². The SMILES string of the molecule is Nc1cc(N2CCN(C(=O)CC[C@H](N)C(=O)NCc3cn(CCP(=O)(O)O)nn3)CC2)nc(NCc2cn(CCCNCCCNC3CCCCC3)nn2)n1. The summed E-state index contributed by atoms with van der Waals surface area (Å²) in [4.78, 5) is 56.3. The summed E-state index contributed by atoms with van der Waals surface area (Å²) in [7, 11) is -4.16. The van der Waals surface area contributed by atoms with E-state index in [2.05, 4.69) is 51.9 Å². The Morgan fingerprint density at radius 1 is 0.909 bits per heavy atom. The molecule has 0 radical (unpaired) electrons. The van der Waals surface area contributed by atoms with Crippen LogP contribution < -0.4 is 37.6 Å². The molecular weight excluding hydrogens is 731 g/mol. The van der Waals surface area contributed by atoms with Gasteiger partial charge < -0.3 is 52.3 Å². The molecule has 3 aromatic heterocycles. The minimum atomic E-state index is -4.16. The Bertz CT molecular complexity index is 1690. The number of anilines is 3. The highest BCUT2D eigenvalue weighted by atomic mass is 31.2. The number of carbonyl (C=O) groups is 2. The molecule has 1 saturated heterocycles. The smallest absolute Gasteiger partial charge is 0.327 e. The molecule has 1 atom stereocenters. The maximum atomic E-state index is 13.0. The number of aryl methyl sites for hydroxylation is 2. The fraction of sp³-hybridized carbons (Fsp3) is 0.697. The highest BCUT2D eigenvalue weighted by Crippen LogP contribution is 2.33. The first-order valence-corrected chi connectivity index (χ1v) is 21.0. The predicted octanol–water partition coefficient (Wildman–Crippen LogP) is -0.604. The molecule has 2 fully saturated rings. The van der Waals surface area contributed by atoms with Gasteiger partial charge in [-0.1, -0.05) is 29.7 Å². The van der Waals surface area contributed by atoms with Crippen molar-refractivity contribution in [2.24, 2.45) is 5.73 Å². The number of nitrogens with two attached hydrogens (primary N) is 2. The molecule has 10 N–H and O–H groups in total. The molecule has 4 heterocycles. The van der Waals surface area contributed by atoms with E-state index in [9.17, 15) is 14.2 Å². The number of nitrogens with zero attached hydrogens (tertiary/aromatic N) is 10. The Labute approximate surface area is 320 Å². The van der Waals surface area contributed by atoms with Crippen LogP contribution in [0.1, 0.15) is 69.2 Å². The molecular formula is C33H57N16O5P. The Morgan fingerprint density at radius 2 is 1.60 bits per heavy atom. The van der Waals surface area contributed by atoms with E-state index in [4.69, 9.17) is 21.3 Å². The van der Waals surface area contributed by atoms with Gasteiger partial charge in [-0.3, -0.25) is 23.5 Å². The van der Waals surface area contributed by atoms with Crippen LogP contribution in [-0.4, -0.2) is 131 Å². The van der Waals surface area contributed by atoms with Crippen LogP contribution in [0.5, 0.6) is 0 Å². The quantitative estimate of drug-likeness (QED) is 0.0466. The van der Waals surface area contributed by atoms with E-state index in [1.807, 2.05) is 15.8 Å². The highest BCUT2D eigenvalue weighted by molar-refractivity contribution is 7.51. The maximum Gasteiger partial charge on any atom is 0.327 e. The number of nitrogen functional groups attached to an aromatic ring is 1. The molecule has 0 bridgehead atoms. The summed E-state index contributed by atoms with van der Waals surface area (Å²) >= 11 is 0. The van der Waals surface area contributed by atoms with Crippen LogP contribution in [0.15, 0.2) is 18.5 Å². The lowest BCUT2D eigenvalue weighted by Gasteiger charge is -2.35. The summed E-state index contributed by atoms with van der Waals surface area (Å²) in [5, 5.41) is 29.3. The molecule has 5 rings (SSSR count). The topological polar surface area (TPSA) is 286 Å². The highest BCUT2D eigenvalue weighted by Gasteiger charge is 2.24. The Kier molecular flexibility index (Phi) is 16.1. The minimum absolute atomic E-state index is 0.00411. The second kappa shape index (κ2) is 21.1. The number of hydrogen-bond donors (Lipinski definition) is 8. The van der Waals surface area contributed by atoms with Crippen molar-refractivity contribution in [1.82, 2.24) is 60.8 Å². The van der Waals surface area contributed by atoms with Gasteiger partial charge in [-0.25, -0.2) is 0 Å². The summed E-state index contributed by atoms with van der Waals surface area (Å²) in [5.41, 5.74) is 13.3. The molecule has 21 nitrogen and oxygen atoms in total. The van der Waals surface area contributed by atoms with E-state index in [-0.39, 0.29) is 38.0 Å². The van der Waals surface area contributed by atoms with Crippen LogP contribution in [-0.2, 0) is 40.3 Å². The van der Waals surface area contributed by atoms with Crippen LogP contribution >= 0.6 is 7.60 Å². The summed E-state index contributed by atoms with van der Waals surface area (Å²) in [5.74, 6) is 0.820. The number of nitrogens with one attached hydrogen (secondary N) is 4. The molecule has 1 aliphatic heterocycles. The molecule has 1 aliphatic carbocycles. The van der Waals surface area contributed by atoms with Gasteiger partial charge >= 0.3 is 7.60 Å². The summed E-state index contributed by atoms with van der Waals surface area (Å²) in [6.07, 6.45) is 12.1. The molecule has 2 amide bonds. The van der Waals surface area contributed by atoms with E-state index in [0.29, 0.717) is 62.0 Å². The first-order valence-electron chi connectivity index (χ1n) is 19.2. The van der Waals surface area contributed by atoms with Gasteiger partial charge in [0, 0.05) is 51.3 Å². The average molecular weight is 789 g/mol. The van der Waals surface area contributed by atoms with Gasteiger partial charge in [0.05, 0.1) is 44.2 Å². The van der Waals surface area contributed by atoms with Gasteiger partial charge in [0.25, 0.3) is 0 Å². The minimum Gasteiger partial charge on any atom is -0.383 e. The van der Waals surface area contributed by atoms with E-state index in [1.54, 1.807) is 11.0 Å². The Hall–Kier alpha value is -4.27. The van der Waals surface area contributed by atoms with Crippen molar-refractivity contribution in [2.75, 3.05) is 67.9 Å². The number of hydrogen-bond acceptors (Lipinski definition) is 15. The summed E-state index contributed by atoms with van der Waals surface area (Å²) in [6, 6.07) is 1.52. The first kappa shape index (κ1) is 41.9. The van der Waals surface area contributed by atoms with Crippen molar-refractivity contribution in [3.05, 3.63) is 29.8 Å². The molecule has 304 valence electrons. The van der Waals surface area contributed by atoms with Crippen molar-refractivity contribution < 1.29 is 23.9 Å². The van der Waals surface area contributed by atoms with Gasteiger partial charge in [-0.05, 0) is 51.7 Å². The van der Waals surface area contributed by atoms with Crippen LogP contribution in [0.3, 0.4) is 0 Å². The van der Waals surface area contributed by atoms with Gasteiger partial charge in [0.2, 0.25) is 17.8 Å². The maximum absolute atomic E-state index is 13.0. The number of aromatic nitrogens is 8. The number of carbonyl (C=O) groups excluding carboxylic acids is 2. The molecule has 0 spiro atoms. The monoisotopic (exact) mass is 788 g/mol. The number of amides is 2. The van der Waals surface area contributed by atoms with Crippen molar-refractivity contribution in [2.45, 2.75) is 96.1 Å². The molecule has 22 heteroatoms. The van der Waals surface area contributed by atoms with Gasteiger partial charge in [-0.15, -0.1) is 10.2 Å². The summed E-state index contributed by atoms with van der Waals surface area (Å²) in [6.45, 7) is 6.24. The van der Waals surface area contributed by atoms with Crippen LogP contribution in [0, 0.1) is 0 Å². The summed E-state index contributed by atoms with van der Waals surface area (Å²) < 4.78 is 14.2. The molecule has 1 saturated carbocycles. The van der Waals surface area contributed by atoms with E-state index >= 15 is 0 Å². The lowest BCUT2D eigenvalue weighted by molar-refractivity contribution is -0.131. The zero-order chi connectivity index (χ0) is 39.0. The fourth-order valence-electron chi connectivity index (χ4n) is 6.53. The Morgan fingerprint density at radius 3 is 2.33 bits per heavy atom. The second-order valence-electron chi connectivity index (χ2n) is 14.1. The molecule has 3 aromatic rings. The fourth-order valence-corrected chi connectivity index (χ4v) is 7.00. The van der Waals surface area contributed by atoms with Crippen molar-refractivity contribution in [3.63, 3.8) is 0 Å². The number of piperazine rings is 1. The first-order chi connectivity index (χ1) is 26.5. The van der Waals surface area contributed by atoms with Crippen molar-refractivity contribution >= 4 is 37.0 Å². The van der Waals surface area contributed by atoms with Crippen molar-refractivity contribution in [3.8, 4) is 0 Å². The van der Waals surface area contributed by atoms with Crippen molar-refractivity contribution in [1.29, 1.82) is 0 Å². The lowest BCUT2D eigenvalue weighted by Crippen LogP contribution is -2.49. The van der Waals surface area contributed by atoms with Crippen LogP contribution in [0.2, 0.25) is 0 Å². The third-order valence-electron chi connectivity index (χ3n) is 9.67. The zero-order valence-corrected chi connectivity index (χ0v) is 32.3. The van der Waals surface area contributed by atoms with E-state index in [0.717, 1.165) is 44.7 Å². The molecule has 55 heavy (non-hydrogen) atoms. The molecule has 0 aromatic carbocycles. The standard InChI is InChI=1S/C33H57N16O5P/c34-28(32(51)38-21-26-24-49(45-42-26)18-19-55(52,53)54)8-9-31(50)47-16-14-46(15-17-47)30-20-29(35)40-33(41-30)39-22-27-23-48(44-43-27)13-5-11-36-10-4-12-37-25-6-2-1-3-7-25/h20,23-25,28,36-37H,1-19,21-22,34H2,(H,38,51)(H2,52,53,54)(H3,35,39,40,41)/t28-/m0/s1. The van der Waals surface area contributed by atoms with Crippen LogP contribution in [0.4, 0.5) is 17.6 Å². The van der Waals surface area contributed by atoms with E-state index in [1.165, 1.54) is 43.0 Å². The lowest BCUT2D eigenvalue weighted by atomic mass is 9.95. The predicted molar refractivity (Wildman–Crippen MR) is 206 cm³/mol.